The zero-order chi connectivity index (χ0) is 14.8. The Kier molecular flexibility index (Phi) is 4.45. The third-order valence-corrected chi connectivity index (χ3v) is 3.43. The fourth-order valence-electron chi connectivity index (χ4n) is 2.27. The predicted molar refractivity (Wildman–Crippen MR) is 68.3 cm³/mol. The van der Waals surface area contributed by atoms with E-state index in [1.54, 1.807) is 23.1 Å². The lowest BCUT2D eigenvalue weighted by Gasteiger charge is -2.27. The van der Waals surface area contributed by atoms with Gasteiger partial charge in [-0.05, 0) is 6.42 Å². The van der Waals surface area contributed by atoms with Crippen molar-refractivity contribution < 1.29 is 17.6 Å². The number of hydrogen-bond acceptors (Lipinski definition) is 2. The number of halogens is 4. The number of alkyl halides is 3. The smallest absolute Gasteiger partial charge is 0.326 e. The Hall–Kier alpha value is -1.40. The van der Waals surface area contributed by atoms with E-state index < -0.39 is 11.7 Å². The average Bonchev–Trinajstić information content (AvgIpc) is 2.41. The molecule has 0 fully saturated rings. The molecule has 6 heteroatoms. The normalized spacial score (nSPS) is 17.1. The van der Waals surface area contributed by atoms with Crippen LogP contribution in [0.1, 0.15) is 17.5 Å². The van der Waals surface area contributed by atoms with Gasteiger partial charge in [-0.15, -0.1) is 0 Å². The van der Waals surface area contributed by atoms with E-state index in [2.05, 4.69) is 0 Å². The standard InChI is InChI=1S/C14H16F4N2/c15-13-10(8-19)2-1-3-11(13)9-20-6-4-12(5-7-20)14(16,17)18/h1-4H,5-9,19H2. The van der Waals surface area contributed by atoms with E-state index in [9.17, 15) is 17.6 Å². The molecule has 0 atom stereocenters. The summed E-state index contributed by atoms with van der Waals surface area (Å²) in [6.45, 7) is 0.859. The van der Waals surface area contributed by atoms with Crippen LogP contribution in [0.3, 0.4) is 0 Å². The van der Waals surface area contributed by atoms with Crippen LogP contribution >= 0.6 is 0 Å². The predicted octanol–water partition coefficient (Wildman–Crippen LogP) is 2.98. The minimum Gasteiger partial charge on any atom is -0.326 e. The molecule has 1 heterocycles. The summed E-state index contributed by atoms with van der Waals surface area (Å²) in [6, 6.07) is 4.95. The molecule has 110 valence electrons. The maximum Gasteiger partial charge on any atom is 0.412 e. The Labute approximate surface area is 114 Å². The monoisotopic (exact) mass is 288 g/mol. The van der Waals surface area contributed by atoms with Gasteiger partial charge in [0.2, 0.25) is 0 Å². The highest BCUT2D eigenvalue weighted by Crippen LogP contribution is 2.30. The van der Waals surface area contributed by atoms with Crippen LogP contribution in [0.2, 0.25) is 0 Å². The van der Waals surface area contributed by atoms with Crippen LogP contribution in [0.15, 0.2) is 29.8 Å². The molecule has 0 unspecified atom stereocenters. The number of rotatable bonds is 3. The summed E-state index contributed by atoms with van der Waals surface area (Å²) in [5.41, 5.74) is 5.83. The van der Waals surface area contributed by atoms with Crippen LogP contribution in [0, 0.1) is 5.82 Å². The van der Waals surface area contributed by atoms with Gasteiger partial charge in [0.25, 0.3) is 0 Å². The molecule has 0 radical (unpaired) electrons. The Morgan fingerprint density at radius 3 is 2.45 bits per heavy atom. The van der Waals surface area contributed by atoms with Gasteiger partial charge in [-0.1, -0.05) is 24.3 Å². The van der Waals surface area contributed by atoms with Crippen molar-refractivity contribution in [2.24, 2.45) is 5.73 Å². The lowest BCUT2D eigenvalue weighted by molar-refractivity contribution is -0.0960. The molecule has 1 aliphatic rings. The van der Waals surface area contributed by atoms with E-state index >= 15 is 0 Å². The quantitative estimate of drug-likeness (QED) is 0.684. The molecule has 1 aromatic carbocycles. The number of benzene rings is 1. The van der Waals surface area contributed by atoms with E-state index in [0.29, 0.717) is 17.7 Å². The number of nitrogens with zero attached hydrogens (tertiary/aromatic N) is 1. The Morgan fingerprint density at radius 1 is 1.20 bits per heavy atom. The lowest BCUT2D eigenvalue weighted by Crippen LogP contribution is -2.31. The van der Waals surface area contributed by atoms with Crippen LogP contribution in [0.5, 0.6) is 0 Å². The minimum atomic E-state index is -4.25. The largest absolute Gasteiger partial charge is 0.412 e. The maximum absolute atomic E-state index is 14.0. The molecule has 20 heavy (non-hydrogen) atoms. The summed E-state index contributed by atoms with van der Waals surface area (Å²) in [5.74, 6) is -0.361. The Balaban J connectivity index is 2.05. The minimum absolute atomic E-state index is 0.0539. The van der Waals surface area contributed by atoms with Crippen molar-refractivity contribution in [2.75, 3.05) is 13.1 Å². The van der Waals surface area contributed by atoms with Gasteiger partial charge in [-0.3, -0.25) is 4.90 Å². The van der Waals surface area contributed by atoms with Crippen LogP contribution in [0.4, 0.5) is 17.6 Å². The van der Waals surface area contributed by atoms with Crippen LogP contribution in [-0.4, -0.2) is 24.2 Å². The third kappa shape index (κ3) is 3.37. The number of nitrogens with two attached hydrogens (primary N) is 1. The van der Waals surface area contributed by atoms with Crippen molar-refractivity contribution in [1.29, 1.82) is 0 Å². The first-order valence-electron chi connectivity index (χ1n) is 6.36. The second-order valence-corrected chi connectivity index (χ2v) is 4.81. The lowest BCUT2D eigenvalue weighted by atomic mass is 10.1. The van der Waals surface area contributed by atoms with E-state index in [1.165, 1.54) is 6.08 Å². The van der Waals surface area contributed by atoms with Gasteiger partial charge in [0.05, 0.1) is 0 Å². The van der Waals surface area contributed by atoms with Crippen molar-refractivity contribution in [3.63, 3.8) is 0 Å². The highest BCUT2D eigenvalue weighted by molar-refractivity contribution is 5.26. The van der Waals surface area contributed by atoms with Crippen LogP contribution < -0.4 is 5.73 Å². The van der Waals surface area contributed by atoms with E-state index in [-0.39, 0.29) is 31.9 Å². The summed E-state index contributed by atoms with van der Waals surface area (Å²) >= 11 is 0. The SMILES string of the molecule is NCc1cccc(CN2CC=C(C(F)(F)F)CC2)c1F. The highest BCUT2D eigenvalue weighted by atomic mass is 19.4. The zero-order valence-corrected chi connectivity index (χ0v) is 10.9. The van der Waals surface area contributed by atoms with Gasteiger partial charge in [0.15, 0.2) is 0 Å². The molecule has 0 spiro atoms. The van der Waals surface area contributed by atoms with Gasteiger partial charge in [0, 0.05) is 42.9 Å². The molecule has 0 bridgehead atoms. The molecule has 0 saturated heterocycles. The summed E-state index contributed by atoms with van der Waals surface area (Å²) in [6.07, 6.45) is -3.13. The fraction of sp³-hybridized carbons (Fsp3) is 0.429. The van der Waals surface area contributed by atoms with Crippen LogP contribution in [0.25, 0.3) is 0 Å². The first-order valence-corrected chi connectivity index (χ1v) is 6.36. The molecular formula is C14H16F4N2. The molecule has 2 N–H and O–H groups in total. The summed E-state index contributed by atoms with van der Waals surface area (Å²) < 4.78 is 51.5. The maximum atomic E-state index is 14.0. The first-order chi connectivity index (χ1) is 9.41. The first kappa shape index (κ1) is 15.0. The summed E-state index contributed by atoms with van der Waals surface area (Å²) in [4.78, 5) is 1.79. The molecule has 0 amide bonds. The van der Waals surface area contributed by atoms with Gasteiger partial charge in [0.1, 0.15) is 5.82 Å². The Morgan fingerprint density at radius 2 is 1.90 bits per heavy atom. The highest BCUT2D eigenvalue weighted by Gasteiger charge is 2.34. The molecule has 1 aliphatic heterocycles. The van der Waals surface area contributed by atoms with E-state index in [1.807, 2.05) is 0 Å². The molecule has 0 aromatic heterocycles. The summed E-state index contributed by atoms with van der Waals surface area (Å²) in [7, 11) is 0. The molecule has 1 aromatic rings. The topological polar surface area (TPSA) is 29.3 Å². The third-order valence-electron chi connectivity index (χ3n) is 3.43. The molecule has 2 rings (SSSR count). The zero-order valence-electron chi connectivity index (χ0n) is 10.9. The molecular weight excluding hydrogens is 272 g/mol. The fourth-order valence-corrected chi connectivity index (χ4v) is 2.27. The van der Waals surface area contributed by atoms with Crippen molar-refractivity contribution >= 4 is 0 Å². The van der Waals surface area contributed by atoms with Gasteiger partial charge in [-0.2, -0.15) is 13.2 Å². The molecule has 0 saturated carbocycles. The van der Waals surface area contributed by atoms with Crippen molar-refractivity contribution in [2.45, 2.75) is 25.7 Å². The number of hydrogen-bond donors (Lipinski definition) is 1. The second-order valence-electron chi connectivity index (χ2n) is 4.81. The Bertz CT molecular complexity index is 508. The molecule has 2 nitrogen and oxygen atoms in total. The average molecular weight is 288 g/mol. The van der Waals surface area contributed by atoms with Crippen molar-refractivity contribution in [1.82, 2.24) is 4.90 Å². The van der Waals surface area contributed by atoms with Gasteiger partial charge in [-0.25, -0.2) is 4.39 Å². The van der Waals surface area contributed by atoms with Gasteiger partial charge < -0.3 is 5.73 Å². The summed E-state index contributed by atoms with van der Waals surface area (Å²) in [5, 5.41) is 0. The van der Waals surface area contributed by atoms with E-state index in [0.717, 1.165) is 0 Å². The molecule has 0 aliphatic carbocycles. The van der Waals surface area contributed by atoms with Crippen LogP contribution in [-0.2, 0) is 13.1 Å². The van der Waals surface area contributed by atoms with Crippen molar-refractivity contribution in [3.8, 4) is 0 Å². The van der Waals surface area contributed by atoms with E-state index in [4.69, 9.17) is 5.73 Å². The van der Waals surface area contributed by atoms with Crippen molar-refractivity contribution in [3.05, 3.63) is 46.8 Å². The van der Waals surface area contributed by atoms with Gasteiger partial charge >= 0.3 is 6.18 Å². The second kappa shape index (κ2) is 5.93.